The summed E-state index contributed by atoms with van der Waals surface area (Å²) in [7, 11) is 0. The zero-order chi connectivity index (χ0) is 8.55. The number of nitrogens with zero attached hydrogens (tertiary/aromatic N) is 1. The molecule has 0 aliphatic heterocycles. The van der Waals surface area contributed by atoms with Gasteiger partial charge < -0.3 is 4.55 Å². The SMILES string of the molecule is C[S+]([O-])n1c[c]c2ccccc21. The van der Waals surface area contributed by atoms with Gasteiger partial charge in [0.15, 0.2) is 0 Å². The first-order valence-corrected chi connectivity index (χ1v) is 5.12. The zero-order valence-electron chi connectivity index (χ0n) is 6.65. The Morgan fingerprint density at radius 2 is 2.17 bits per heavy atom. The van der Waals surface area contributed by atoms with Gasteiger partial charge in [-0.25, -0.2) is 0 Å². The normalized spacial score (nSPS) is 13.5. The number of fused-ring (bicyclic) bond motifs is 1. The molecule has 0 spiro atoms. The van der Waals surface area contributed by atoms with Gasteiger partial charge in [0.25, 0.3) is 0 Å². The monoisotopic (exact) mass is 178 g/mol. The van der Waals surface area contributed by atoms with Gasteiger partial charge in [-0.2, -0.15) is 3.97 Å². The van der Waals surface area contributed by atoms with Crippen molar-refractivity contribution < 1.29 is 4.55 Å². The predicted octanol–water partition coefficient (Wildman–Crippen LogP) is 1.58. The molecule has 0 bridgehead atoms. The average molecular weight is 178 g/mol. The second-order valence-corrected chi connectivity index (χ2v) is 3.78. The first-order chi connectivity index (χ1) is 5.79. The van der Waals surface area contributed by atoms with Crippen LogP contribution in [0.25, 0.3) is 10.9 Å². The molecule has 0 amide bonds. The summed E-state index contributed by atoms with van der Waals surface area (Å²) in [6, 6.07) is 10.8. The summed E-state index contributed by atoms with van der Waals surface area (Å²) in [6.07, 6.45) is 3.38. The molecule has 12 heavy (non-hydrogen) atoms. The average Bonchev–Trinajstić information content (AvgIpc) is 2.47. The standard InChI is InChI=1S/C9H8NOS/c1-12(11)10-7-6-8-4-2-3-5-9(8)10/h2-5,7H,1H3. The lowest BCUT2D eigenvalue weighted by Crippen LogP contribution is -2.07. The lowest BCUT2D eigenvalue weighted by atomic mass is 10.3. The summed E-state index contributed by atoms with van der Waals surface area (Å²) in [5.74, 6) is 0. The minimum absolute atomic E-state index is 0.971. The molecule has 0 aliphatic carbocycles. The Balaban J connectivity index is 2.70. The molecule has 0 fully saturated rings. The van der Waals surface area contributed by atoms with Crippen LogP contribution in [0.2, 0.25) is 0 Å². The van der Waals surface area contributed by atoms with E-state index in [4.69, 9.17) is 0 Å². The molecule has 1 heterocycles. The van der Waals surface area contributed by atoms with Gasteiger partial charge in [-0.05, 0) is 6.07 Å². The maximum absolute atomic E-state index is 11.2. The van der Waals surface area contributed by atoms with Gasteiger partial charge in [0.2, 0.25) is 0 Å². The van der Waals surface area contributed by atoms with Crippen molar-refractivity contribution >= 4 is 22.3 Å². The van der Waals surface area contributed by atoms with Crippen LogP contribution in [0.15, 0.2) is 30.5 Å². The molecule has 0 saturated carbocycles. The fourth-order valence-electron chi connectivity index (χ4n) is 1.20. The first-order valence-electron chi connectivity index (χ1n) is 3.61. The highest BCUT2D eigenvalue weighted by Crippen LogP contribution is 2.15. The van der Waals surface area contributed by atoms with E-state index in [9.17, 15) is 4.55 Å². The van der Waals surface area contributed by atoms with Gasteiger partial charge in [0.05, 0.1) is 23.1 Å². The topological polar surface area (TPSA) is 28.0 Å². The summed E-state index contributed by atoms with van der Waals surface area (Å²) in [6.45, 7) is 0. The maximum Gasteiger partial charge on any atom is 0.121 e. The quantitative estimate of drug-likeness (QED) is 0.609. The molecule has 2 rings (SSSR count). The van der Waals surface area contributed by atoms with Crippen molar-refractivity contribution in [1.29, 1.82) is 0 Å². The van der Waals surface area contributed by atoms with E-state index in [2.05, 4.69) is 6.07 Å². The van der Waals surface area contributed by atoms with Crippen molar-refractivity contribution in [3.63, 3.8) is 0 Å². The van der Waals surface area contributed by atoms with Gasteiger partial charge >= 0.3 is 0 Å². The largest absolute Gasteiger partial charge is 0.593 e. The van der Waals surface area contributed by atoms with Crippen LogP contribution in [0.5, 0.6) is 0 Å². The Hall–Kier alpha value is -0.930. The van der Waals surface area contributed by atoms with E-state index in [1.165, 1.54) is 0 Å². The molecule has 1 radical (unpaired) electrons. The Labute approximate surface area is 74.1 Å². The summed E-state index contributed by atoms with van der Waals surface area (Å²) in [5.41, 5.74) is 0.971. The minimum atomic E-state index is -0.987. The van der Waals surface area contributed by atoms with Crippen molar-refractivity contribution in [3.8, 4) is 0 Å². The smallest absolute Gasteiger partial charge is 0.121 e. The third kappa shape index (κ3) is 1.11. The highest BCUT2D eigenvalue weighted by atomic mass is 32.2. The van der Waals surface area contributed by atoms with Crippen LogP contribution in [-0.4, -0.2) is 14.8 Å². The molecule has 0 aliphatic rings. The van der Waals surface area contributed by atoms with Gasteiger partial charge in [0, 0.05) is 11.5 Å². The predicted molar refractivity (Wildman–Crippen MR) is 50.2 cm³/mol. The molecule has 0 N–H and O–H groups in total. The molecule has 61 valence electrons. The molecule has 2 aromatic rings. The first kappa shape index (κ1) is 7.71. The summed E-state index contributed by atoms with van der Waals surface area (Å²) < 4.78 is 12.9. The second kappa shape index (κ2) is 2.84. The van der Waals surface area contributed by atoms with E-state index in [-0.39, 0.29) is 0 Å². The fourth-order valence-corrected chi connectivity index (χ4v) is 1.84. The van der Waals surface area contributed by atoms with Crippen LogP contribution in [0.1, 0.15) is 0 Å². The van der Waals surface area contributed by atoms with Crippen molar-refractivity contribution in [3.05, 3.63) is 36.5 Å². The Bertz CT molecular complexity index is 394. The molecule has 1 unspecified atom stereocenters. The van der Waals surface area contributed by atoms with E-state index in [0.717, 1.165) is 10.9 Å². The number of hydrogen-bond donors (Lipinski definition) is 0. The van der Waals surface area contributed by atoms with E-state index in [1.807, 2.05) is 24.3 Å². The highest BCUT2D eigenvalue weighted by molar-refractivity contribution is 7.89. The fraction of sp³-hybridized carbons (Fsp3) is 0.111. The maximum atomic E-state index is 11.2. The number of benzene rings is 1. The van der Waals surface area contributed by atoms with Gasteiger partial charge in [-0.1, -0.05) is 18.2 Å². The summed E-state index contributed by atoms with van der Waals surface area (Å²) in [5, 5.41) is 1.01. The highest BCUT2D eigenvalue weighted by Gasteiger charge is 2.06. The molecular weight excluding hydrogens is 170 g/mol. The second-order valence-electron chi connectivity index (χ2n) is 2.54. The van der Waals surface area contributed by atoms with Crippen LogP contribution in [0.3, 0.4) is 0 Å². The van der Waals surface area contributed by atoms with Crippen LogP contribution in [0.4, 0.5) is 0 Å². The Morgan fingerprint density at radius 1 is 1.42 bits per heavy atom. The van der Waals surface area contributed by atoms with Crippen molar-refractivity contribution in [2.75, 3.05) is 6.26 Å². The van der Waals surface area contributed by atoms with Crippen LogP contribution in [-0.2, 0) is 11.4 Å². The molecule has 0 saturated heterocycles. The number of para-hydroxylation sites is 1. The van der Waals surface area contributed by atoms with E-state index < -0.39 is 11.4 Å². The molecule has 1 aromatic carbocycles. The van der Waals surface area contributed by atoms with Crippen LogP contribution < -0.4 is 0 Å². The number of rotatable bonds is 1. The third-order valence-corrected chi connectivity index (χ3v) is 2.61. The Kier molecular flexibility index (Phi) is 1.83. The van der Waals surface area contributed by atoms with Crippen molar-refractivity contribution in [2.24, 2.45) is 0 Å². The van der Waals surface area contributed by atoms with E-state index >= 15 is 0 Å². The van der Waals surface area contributed by atoms with Gasteiger partial charge in [-0.15, -0.1) is 0 Å². The van der Waals surface area contributed by atoms with Crippen LogP contribution >= 0.6 is 0 Å². The molecule has 1 aromatic heterocycles. The van der Waals surface area contributed by atoms with Crippen LogP contribution in [0, 0.1) is 6.07 Å². The number of hydrogen-bond acceptors (Lipinski definition) is 1. The summed E-state index contributed by atoms with van der Waals surface area (Å²) >= 11 is -0.987. The molecule has 1 atom stereocenters. The van der Waals surface area contributed by atoms with Crippen molar-refractivity contribution in [2.45, 2.75) is 0 Å². The molecule has 3 heteroatoms. The van der Waals surface area contributed by atoms with E-state index in [1.54, 1.807) is 16.4 Å². The van der Waals surface area contributed by atoms with Gasteiger partial charge in [0.1, 0.15) is 6.26 Å². The van der Waals surface area contributed by atoms with Gasteiger partial charge in [-0.3, -0.25) is 0 Å². The lowest BCUT2D eigenvalue weighted by molar-refractivity contribution is 0.594. The summed E-state index contributed by atoms with van der Waals surface area (Å²) in [4.78, 5) is 0. The third-order valence-electron chi connectivity index (χ3n) is 1.76. The minimum Gasteiger partial charge on any atom is -0.593 e. The van der Waals surface area contributed by atoms with E-state index in [0.29, 0.717) is 0 Å². The molecular formula is C9H8NOS. The van der Waals surface area contributed by atoms with Crippen molar-refractivity contribution in [1.82, 2.24) is 3.97 Å². The zero-order valence-corrected chi connectivity index (χ0v) is 7.47. The Morgan fingerprint density at radius 3 is 2.92 bits per heavy atom. The molecule has 2 nitrogen and oxygen atoms in total. The lowest BCUT2D eigenvalue weighted by Gasteiger charge is -2.05. The number of aromatic nitrogens is 1.